The summed E-state index contributed by atoms with van der Waals surface area (Å²) in [5, 5.41) is 7.38. The minimum absolute atomic E-state index is 0.234. The number of hydrogen-bond acceptors (Lipinski definition) is 4. The van der Waals surface area contributed by atoms with Crippen LogP contribution in [0.1, 0.15) is 40.5 Å². The molecular formula is C14H28N4O2S. The fraction of sp³-hybridized carbons (Fsp3) is 0.786. The highest BCUT2D eigenvalue weighted by Gasteiger charge is 2.17. The van der Waals surface area contributed by atoms with Crippen molar-refractivity contribution in [1.29, 1.82) is 0 Å². The SMILES string of the molecule is CCC(CC)CNS(=O)(=O)c1cnn(CCNC(C)C)c1. The summed E-state index contributed by atoms with van der Waals surface area (Å²) in [6.07, 6.45) is 4.93. The second-order valence-electron chi connectivity index (χ2n) is 5.58. The first-order chi connectivity index (χ1) is 9.89. The third-order valence-electron chi connectivity index (χ3n) is 3.53. The summed E-state index contributed by atoms with van der Waals surface area (Å²) in [5.41, 5.74) is 0. The normalized spacial score (nSPS) is 12.5. The van der Waals surface area contributed by atoms with Crippen LogP contribution >= 0.6 is 0 Å². The molecule has 0 unspecified atom stereocenters. The summed E-state index contributed by atoms with van der Waals surface area (Å²) in [5.74, 6) is 0.380. The molecule has 21 heavy (non-hydrogen) atoms. The monoisotopic (exact) mass is 316 g/mol. The van der Waals surface area contributed by atoms with Crippen LogP contribution in [0.5, 0.6) is 0 Å². The lowest BCUT2D eigenvalue weighted by Crippen LogP contribution is -2.29. The zero-order chi connectivity index (χ0) is 15.9. The molecule has 1 rings (SSSR count). The van der Waals surface area contributed by atoms with Gasteiger partial charge < -0.3 is 5.32 Å². The molecule has 1 aromatic heterocycles. The maximum atomic E-state index is 12.2. The van der Waals surface area contributed by atoms with Crippen LogP contribution in [0.2, 0.25) is 0 Å². The molecule has 0 aliphatic rings. The minimum Gasteiger partial charge on any atom is -0.313 e. The molecule has 0 bridgehead atoms. The Balaban J connectivity index is 2.57. The molecule has 6 nitrogen and oxygen atoms in total. The van der Waals surface area contributed by atoms with Crippen molar-refractivity contribution in [2.45, 2.75) is 58.0 Å². The van der Waals surface area contributed by atoms with Crippen LogP contribution in [0.25, 0.3) is 0 Å². The average molecular weight is 316 g/mol. The van der Waals surface area contributed by atoms with E-state index in [9.17, 15) is 8.42 Å². The first-order valence-electron chi connectivity index (χ1n) is 7.64. The molecular weight excluding hydrogens is 288 g/mol. The average Bonchev–Trinajstić information content (AvgIpc) is 2.89. The molecule has 0 aliphatic heterocycles. The summed E-state index contributed by atoms with van der Waals surface area (Å²) in [4.78, 5) is 0.234. The Morgan fingerprint density at radius 2 is 1.95 bits per heavy atom. The van der Waals surface area contributed by atoms with E-state index in [2.05, 4.69) is 42.8 Å². The third kappa shape index (κ3) is 6.15. The van der Waals surface area contributed by atoms with Gasteiger partial charge in [-0.3, -0.25) is 4.68 Å². The second kappa shape index (κ2) is 8.51. The lowest BCUT2D eigenvalue weighted by atomic mass is 10.0. The van der Waals surface area contributed by atoms with Gasteiger partial charge in [0.25, 0.3) is 0 Å². The van der Waals surface area contributed by atoms with Gasteiger partial charge in [0.1, 0.15) is 4.90 Å². The molecule has 7 heteroatoms. The number of aromatic nitrogens is 2. The van der Waals surface area contributed by atoms with Gasteiger partial charge in [0.2, 0.25) is 10.0 Å². The predicted molar refractivity (Wildman–Crippen MR) is 84.6 cm³/mol. The molecule has 1 aromatic rings. The smallest absolute Gasteiger partial charge is 0.243 e. The predicted octanol–water partition coefficient (Wildman–Crippen LogP) is 1.60. The van der Waals surface area contributed by atoms with Gasteiger partial charge >= 0.3 is 0 Å². The van der Waals surface area contributed by atoms with Crippen molar-refractivity contribution >= 4 is 10.0 Å². The van der Waals surface area contributed by atoms with E-state index in [1.807, 2.05) is 0 Å². The Morgan fingerprint density at radius 1 is 1.29 bits per heavy atom. The maximum absolute atomic E-state index is 12.2. The van der Waals surface area contributed by atoms with Gasteiger partial charge in [-0.25, -0.2) is 13.1 Å². The Bertz CT molecular complexity index is 507. The van der Waals surface area contributed by atoms with Gasteiger partial charge in [-0.15, -0.1) is 0 Å². The molecule has 0 spiro atoms. The highest BCUT2D eigenvalue weighted by molar-refractivity contribution is 7.89. The number of hydrogen-bond donors (Lipinski definition) is 2. The lowest BCUT2D eigenvalue weighted by molar-refractivity contribution is 0.478. The largest absolute Gasteiger partial charge is 0.313 e. The fourth-order valence-electron chi connectivity index (χ4n) is 1.96. The molecule has 2 N–H and O–H groups in total. The van der Waals surface area contributed by atoms with E-state index < -0.39 is 10.0 Å². The van der Waals surface area contributed by atoms with Gasteiger partial charge in [-0.05, 0) is 5.92 Å². The van der Waals surface area contributed by atoms with Crippen LogP contribution in [0.4, 0.5) is 0 Å². The van der Waals surface area contributed by atoms with Crippen LogP contribution in [0, 0.1) is 5.92 Å². The number of nitrogens with one attached hydrogen (secondary N) is 2. The van der Waals surface area contributed by atoms with Crippen LogP contribution in [-0.2, 0) is 16.6 Å². The molecule has 0 saturated heterocycles. The topological polar surface area (TPSA) is 76.0 Å². The van der Waals surface area contributed by atoms with E-state index >= 15 is 0 Å². The standard InChI is InChI=1S/C14H28N4O2S/c1-5-13(6-2)9-17-21(19,20)14-10-16-18(11-14)8-7-15-12(3)4/h10-13,15,17H,5-9H2,1-4H3. The minimum atomic E-state index is -3.45. The number of rotatable bonds is 10. The van der Waals surface area contributed by atoms with Crippen LogP contribution in [0.15, 0.2) is 17.3 Å². The van der Waals surface area contributed by atoms with Crippen molar-refractivity contribution in [3.63, 3.8) is 0 Å². The van der Waals surface area contributed by atoms with Gasteiger partial charge in [0, 0.05) is 25.3 Å². The third-order valence-corrected chi connectivity index (χ3v) is 4.91. The summed E-state index contributed by atoms with van der Waals surface area (Å²) in [7, 11) is -3.45. The zero-order valence-corrected chi connectivity index (χ0v) is 14.3. The van der Waals surface area contributed by atoms with Crippen LogP contribution < -0.4 is 10.0 Å². The summed E-state index contributed by atoms with van der Waals surface area (Å²) < 4.78 is 28.7. The van der Waals surface area contributed by atoms with E-state index in [0.717, 1.165) is 19.4 Å². The fourth-order valence-corrected chi connectivity index (χ4v) is 3.03. The van der Waals surface area contributed by atoms with E-state index in [4.69, 9.17) is 0 Å². The zero-order valence-electron chi connectivity index (χ0n) is 13.5. The first kappa shape index (κ1) is 18.1. The Kier molecular flexibility index (Phi) is 7.34. The van der Waals surface area contributed by atoms with E-state index in [0.29, 0.717) is 25.0 Å². The van der Waals surface area contributed by atoms with E-state index in [-0.39, 0.29) is 4.90 Å². The van der Waals surface area contributed by atoms with Crippen molar-refractivity contribution in [2.24, 2.45) is 5.92 Å². The van der Waals surface area contributed by atoms with Gasteiger partial charge in [0.05, 0.1) is 12.7 Å². The Morgan fingerprint density at radius 3 is 2.52 bits per heavy atom. The first-order valence-corrected chi connectivity index (χ1v) is 9.12. The van der Waals surface area contributed by atoms with Gasteiger partial charge in [-0.1, -0.05) is 40.5 Å². The maximum Gasteiger partial charge on any atom is 0.243 e. The molecule has 0 radical (unpaired) electrons. The van der Waals surface area contributed by atoms with Crippen molar-refractivity contribution in [2.75, 3.05) is 13.1 Å². The van der Waals surface area contributed by atoms with Crippen molar-refractivity contribution in [1.82, 2.24) is 19.8 Å². The molecule has 122 valence electrons. The van der Waals surface area contributed by atoms with Crippen LogP contribution in [-0.4, -0.2) is 37.3 Å². The number of nitrogens with zero attached hydrogens (tertiary/aromatic N) is 2. The number of sulfonamides is 1. The Labute approximate surface area is 128 Å². The lowest BCUT2D eigenvalue weighted by Gasteiger charge is -2.12. The highest BCUT2D eigenvalue weighted by Crippen LogP contribution is 2.10. The molecule has 1 heterocycles. The second-order valence-corrected chi connectivity index (χ2v) is 7.35. The van der Waals surface area contributed by atoms with Gasteiger partial charge in [-0.2, -0.15) is 5.10 Å². The van der Waals surface area contributed by atoms with Crippen molar-refractivity contribution < 1.29 is 8.42 Å². The van der Waals surface area contributed by atoms with E-state index in [1.54, 1.807) is 10.9 Å². The van der Waals surface area contributed by atoms with Crippen molar-refractivity contribution in [3.05, 3.63) is 12.4 Å². The molecule has 0 aliphatic carbocycles. The molecule has 0 aromatic carbocycles. The summed E-state index contributed by atoms with van der Waals surface area (Å²) >= 11 is 0. The molecule has 0 fully saturated rings. The van der Waals surface area contributed by atoms with Crippen LogP contribution in [0.3, 0.4) is 0 Å². The molecule has 0 atom stereocenters. The highest BCUT2D eigenvalue weighted by atomic mass is 32.2. The van der Waals surface area contributed by atoms with Gasteiger partial charge in [0.15, 0.2) is 0 Å². The summed E-state index contributed by atoms with van der Waals surface area (Å²) in [6, 6.07) is 0.408. The summed E-state index contributed by atoms with van der Waals surface area (Å²) in [6.45, 7) is 10.2. The quantitative estimate of drug-likeness (QED) is 0.687. The van der Waals surface area contributed by atoms with E-state index in [1.165, 1.54) is 6.20 Å². The molecule has 0 saturated carbocycles. The Hall–Kier alpha value is -0.920. The van der Waals surface area contributed by atoms with Crippen molar-refractivity contribution in [3.8, 4) is 0 Å². The molecule has 0 amide bonds.